The van der Waals surface area contributed by atoms with E-state index in [1.54, 1.807) is 0 Å². The van der Waals surface area contributed by atoms with E-state index >= 15 is 0 Å². The Balaban J connectivity index is 1.84. The summed E-state index contributed by atoms with van der Waals surface area (Å²) in [5, 5.41) is 3.85. The van der Waals surface area contributed by atoms with Crippen molar-refractivity contribution in [2.24, 2.45) is 0 Å². The van der Waals surface area contributed by atoms with Crippen molar-refractivity contribution in [2.75, 3.05) is 18.5 Å². The lowest BCUT2D eigenvalue weighted by Gasteiger charge is -2.10. The molecule has 3 aromatic rings. The Bertz CT molecular complexity index is 830. The van der Waals surface area contributed by atoms with Gasteiger partial charge in [0.05, 0.1) is 24.3 Å². The lowest BCUT2D eigenvalue weighted by molar-refractivity contribution is 0.102. The Kier molecular flexibility index (Phi) is 4.90. The third-order valence-corrected chi connectivity index (χ3v) is 4.30. The van der Waals surface area contributed by atoms with Crippen LogP contribution < -0.4 is 14.8 Å². The van der Waals surface area contributed by atoms with E-state index in [1.807, 2.05) is 44.2 Å². The highest BCUT2D eigenvalue weighted by atomic mass is 32.1. The predicted octanol–water partition coefficient (Wildman–Crippen LogP) is 3.74. The van der Waals surface area contributed by atoms with Gasteiger partial charge in [-0.25, -0.2) is 4.98 Å². The standard InChI is InChI=1S/C17H17N3O3S/c1-3-22-16-12(10-18-17(20-16)23-4-2)19-15(21)14-9-11-7-5-6-8-13(11)24-14/h5-10H,3-4H2,1-2H3,(H,19,21). The van der Waals surface area contributed by atoms with Crippen LogP contribution in [0.5, 0.6) is 11.9 Å². The molecular formula is C17H17N3O3S. The number of anilines is 1. The van der Waals surface area contributed by atoms with Crippen LogP contribution >= 0.6 is 11.3 Å². The van der Waals surface area contributed by atoms with E-state index in [2.05, 4.69) is 15.3 Å². The van der Waals surface area contributed by atoms with Crippen LogP contribution in [0.1, 0.15) is 23.5 Å². The van der Waals surface area contributed by atoms with Crippen LogP contribution in [0.25, 0.3) is 10.1 Å². The minimum atomic E-state index is -0.218. The van der Waals surface area contributed by atoms with E-state index in [0.717, 1.165) is 10.1 Å². The fraction of sp³-hybridized carbons (Fsp3) is 0.235. The summed E-state index contributed by atoms with van der Waals surface area (Å²) >= 11 is 1.44. The molecule has 0 bridgehead atoms. The van der Waals surface area contributed by atoms with E-state index in [1.165, 1.54) is 17.5 Å². The van der Waals surface area contributed by atoms with Crippen molar-refractivity contribution in [1.29, 1.82) is 0 Å². The number of ether oxygens (including phenoxy) is 2. The summed E-state index contributed by atoms with van der Waals surface area (Å²) < 4.78 is 11.8. The third kappa shape index (κ3) is 3.46. The lowest BCUT2D eigenvalue weighted by Crippen LogP contribution is -2.13. The van der Waals surface area contributed by atoms with E-state index < -0.39 is 0 Å². The van der Waals surface area contributed by atoms with Crippen LogP contribution in [0.15, 0.2) is 36.5 Å². The monoisotopic (exact) mass is 343 g/mol. The number of benzene rings is 1. The average Bonchev–Trinajstić information content (AvgIpc) is 3.02. The maximum Gasteiger partial charge on any atom is 0.319 e. The molecule has 24 heavy (non-hydrogen) atoms. The number of carbonyl (C=O) groups is 1. The average molecular weight is 343 g/mol. The van der Waals surface area contributed by atoms with E-state index in [4.69, 9.17) is 9.47 Å². The van der Waals surface area contributed by atoms with Gasteiger partial charge in [0.2, 0.25) is 5.88 Å². The second kappa shape index (κ2) is 7.27. The van der Waals surface area contributed by atoms with Crippen LogP contribution in [0, 0.1) is 0 Å². The highest BCUT2D eigenvalue weighted by Gasteiger charge is 2.15. The van der Waals surface area contributed by atoms with Gasteiger partial charge in [-0.2, -0.15) is 4.98 Å². The molecule has 0 saturated heterocycles. The minimum Gasteiger partial charge on any atom is -0.476 e. The first kappa shape index (κ1) is 16.2. The Morgan fingerprint density at radius 1 is 1.21 bits per heavy atom. The van der Waals surface area contributed by atoms with Gasteiger partial charge in [0.15, 0.2) is 0 Å². The van der Waals surface area contributed by atoms with Gasteiger partial charge < -0.3 is 14.8 Å². The van der Waals surface area contributed by atoms with E-state index in [9.17, 15) is 4.79 Å². The first-order chi connectivity index (χ1) is 11.7. The van der Waals surface area contributed by atoms with Crippen LogP contribution in [-0.4, -0.2) is 29.1 Å². The third-order valence-electron chi connectivity index (χ3n) is 3.18. The van der Waals surface area contributed by atoms with Gasteiger partial charge in [0.1, 0.15) is 5.69 Å². The minimum absolute atomic E-state index is 0.218. The zero-order valence-electron chi connectivity index (χ0n) is 13.4. The smallest absolute Gasteiger partial charge is 0.319 e. The number of thiophene rings is 1. The molecule has 6 nitrogen and oxygen atoms in total. The summed E-state index contributed by atoms with van der Waals surface area (Å²) in [6.45, 7) is 4.58. The highest BCUT2D eigenvalue weighted by molar-refractivity contribution is 7.20. The van der Waals surface area contributed by atoms with Crippen molar-refractivity contribution in [1.82, 2.24) is 9.97 Å². The molecule has 1 aromatic carbocycles. The maximum absolute atomic E-state index is 12.5. The summed E-state index contributed by atoms with van der Waals surface area (Å²) in [5.41, 5.74) is 0.419. The van der Waals surface area contributed by atoms with Crippen molar-refractivity contribution in [3.05, 3.63) is 41.4 Å². The first-order valence-electron chi connectivity index (χ1n) is 7.63. The summed E-state index contributed by atoms with van der Waals surface area (Å²) in [6.07, 6.45) is 1.49. The summed E-state index contributed by atoms with van der Waals surface area (Å²) in [6, 6.07) is 9.96. The number of carbonyl (C=O) groups excluding carboxylic acids is 1. The van der Waals surface area contributed by atoms with Crippen molar-refractivity contribution in [3.8, 4) is 11.9 Å². The van der Waals surface area contributed by atoms with Gasteiger partial charge in [0.25, 0.3) is 5.91 Å². The number of nitrogens with zero attached hydrogens (tertiary/aromatic N) is 2. The van der Waals surface area contributed by atoms with Crippen molar-refractivity contribution in [3.63, 3.8) is 0 Å². The zero-order valence-corrected chi connectivity index (χ0v) is 14.2. The lowest BCUT2D eigenvalue weighted by atomic mass is 10.2. The second-order valence-corrected chi connectivity index (χ2v) is 5.92. The number of hydrogen-bond acceptors (Lipinski definition) is 6. The molecule has 2 aromatic heterocycles. The Hall–Kier alpha value is -2.67. The van der Waals surface area contributed by atoms with Gasteiger partial charge >= 0.3 is 6.01 Å². The fourth-order valence-electron chi connectivity index (χ4n) is 2.16. The fourth-order valence-corrected chi connectivity index (χ4v) is 3.12. The molecule has 0 spiro atoms. The van der Waals surface area contributed by atoms with Gasteiger partial charge in [-0.1, -0.05) is 18.2 Å². The molecule has 0 unspecified atom stereocenters. The zero-order chi connectivity index (χ0) is 16.9. The molecule has 0 atom stereocenters. The molecule has 7 heteroatoms. The van der Waals surface area contributed by atoms with Crippen molar-refractivity contribution in [2.45, 2.75) is 13.8 Å². The van der Waals surface area contributed by atoms with Crippen LogP contribution in [-0.2, 0) is 0 Å². The van der Waals surface area contributed by atoms with Crippen LogP contribution in [0.2, 0.25) is 0 Å². The predicted molar refractivity (Wildman–Crippen MR) is 94.1 cm³/mol. The maximum atomic E-state index is 12.5. The molecule has 0 aliphatic rings. The molecule has 0 saturated carbocycles. The quantitative estimate of drug-likeness (QED) is 0.738. The SMILES string of the molecule is CCOc1ncc(NC(=O)c2cc3ccccc3s2)c(OCC)n1. The molecule has 0 fully saturated rings. The van der Waals surface area contributed by atoms with Gasteiger partial charge in [0, 0.05) is 4.70 Å². The summed E-state index contributed by atoms with van der Waals surface area (Å²) in [5.74, 6) is 0.0790. The molecule has 1 N–H and O–H groups in total. The van der Waals surface area contributed by atoms with Gasteiger partial charge in [-0.3, -0.25) is 4.79 Å². The molecule has 2 heterocycles. The first-order valence-corrected chi connectivity index (χ1v) is 8.45. The number of fused-ring (bicyclic) bond motifs is 1. The van der Waals surface area contributed by atoms with E-state index in [-0.39, 0.29) is 11.9 Å². The number of nitrogens with one attached hydrogen (secondary N) is 1. The van der Waals surface area contributed by atoms with Crippen molar-refractivity contribution < 1.29 is 14.3 Å². The van der Waals surface area contributed by atoms with Gasteiger partial charge in [-0.15, -0.1) is 11.3 Å². The number of aromatic nitrogens is 2. The molecule has 3 rings (SSSR count). The van der Waals surface area contributed by atoms with E-state index in [0.29, 0.717) is 29.7 Å². The summed E-state index contributed by atoms with van der Waals surface area (Å²) in [4.78, 5) is 21.4. The number of hydrogen-bond donors (Lipinski definition) is 1. The van der Waals surface area contributed by atoms with Crippen molar-refractivity contribution >= 4 is 33.0 Å². The normalized spacial score (nSPS) is 10.6. The Labute approximate surface area is 143 Å². The molecule has 0 radical (unpaired) electrons. The molecule has 0 aliphatic carbocycles. The molecule has 1 amide bonds. The second-order valence-electron chi connectivity index (χ2n) is 4.84. The molecule has 0 aliphatic heterocycles. The van der Waals surface area contributed by atoms with Gasteiger partial charge in [-0.05, 0) is 31.4 Å². The van der Waals surface area contributed by atoms with Crippen LogP contribution in [0.4, 0.5) is 5.69 Å². The summed E-state index contributed by atoms with van der Waals surface area (Å²) in [7, 11) is 0. The Morgan fingerprint density at radius 3 is 2.75 bits per heavy atom. The molecular weight excluding hydrogens is 326 g/mol. The Morgan fingerprint density at radius 2 is 2.00 bits per heavy atom. The largest absolute Gasteiger partial charge is 0.476 e. The molecule has 124 valence electrons. The number of rotatable bonds is 6. The number of amides is 1. The highest BCUT2D eigenvalue weighted by Crippen LogP contribution is 2.28. The van der Waals surface area contributed by atoms with Crippen LogP contribution in [0.3, 0.4) is 0 Å². The topological polar surface area (TPSA) is 73.3 Å².